The monoisotopic (exact) mass is 293 g/mol. The normalized spacial score (nSPS) is 20.6. The Balaban J connectivity index is 1.88. The topological polar surface area (TPSA) is 46.8 Å². The van der Waals surface area contributed by atoms with E-state index in [9.17, 15) is 0 Å². The van der Waals surface area contributed by atoms with Crippen LogP contribution in [-0.4, -0.2) is 37.2 Å². The van der Waals surface area contributed by atoms with Crippen molar-refractivity contribution in [3.63, 3.8) is 0 Å². The van der Waals surface area contributed by atoms with Crippen LogP contribution in [0.5, 0.6) is 0 Å². The van der Waals surface area contributed by atoms with E-state index in [1.54, 1.807) is 10.9 Å². The van der Waals surface area contributed by atoms with E-state index in [2.05, 4.69) is 26.9 Å². The van der Waals surface area contributed by atoms with E-state index in [4.69, 9.17) is 11.6 Å². The fraction of sp³-hybridized carbons (Fsp3) is 0.643. The van der Waals surface area contributed by atoms with E-state index in [-0.39, 0.29) is 0 Å². The van der Waals surface area contributed by atoms with E-state index < -0.39 is 0 Å². The number of aromatic nitrogens is 4. The quantitative estimate of drug-likeness (QED) is 0.817. The van der Waals surface area contributed by atoms with Crippen molar-refractivity contribution in [3.8, 4) is 0 Å². The highest BCUT2D eigenvalue weighted by atomic mass is 35.5. The summed E-state index contributed by atoms with van der Waals surface area (Å²) >= 11 is 6.24. The number of halogens is 1. The van der Waals surface area contributed by atoms with E-state index in [1.807, 2.05) is 7.05 Å². The van der Waals surface area contributed by atoms with Crippen molar-refractivity contribution < 1.29 is 0 Å². The second-order valence-electron chi connectivity index (χ2n) is 5.46. The Bertz CT molecular complexity index is 609. The van der Waals surface area contributed by atoms with Gasteiger partial charge in [0.15, 0.2) is 5.65 Å². The van der Waals surface area contributed by atoms with Gasteiger partial charge in [0.05, 0.1) is 18.1 Å². The molecule has 0 aliphatic carbocycles. The standard InChI is InChI=1S/C14H20ClN5/c1-3-10-6-4-5-7-20(10)9-12-17-13(15)11-8-16-19(2)14(11)18-12/h8,10H,3-7,9H2,1-2H3. The second kappa shape index (κ2) is 5.66. The summed E-state index contributed by atoms with van der Waals surface area (Å²) in [7, 11) is 1.88. The van der Waals surface area contributed by atoms with Crippen molar-refractivity contribution in [1.82, 2.24) is 24.6 Å². The molecule has 1 saturated heterocycles. The maximum absolute atomic E-state index is 6.24. The fourth-order valence-corrected chi connectivity index (χ4v) is 3.24. The number of fused-ring (bicyclic) bond motifs is 1. The zero-order valence-electron chi connectivity index (χ0n) is 12.0. The summed E-state index contributed by atoms with van der Waals surface area (Å²) in [5.41, 5.74) is 0.810. The van der Waals surface area contributed by atoms with Crippen LogP contribution >= 0.6 is 11.6 Å². The Morgan fingerprint density at radius 1 is 1.35 bits per heavy atom. The molecule has 1 aliphatic rings. The lowest BCUT2D eigenvalue weighted by atomic mass is 10.0. The van der Waals surface area contributed by atoms with Gasteiger partial charge in [0, 0.05) is 13.1 Å². The molecular formula is C14H20ClN5. The molecular weight excluding hydrogens is 274 g/mol. The van der Waals surface area contributed by atoms with E-state index in [0.29, 0.717) is 11.2 Å². The predicted octanol–water partition coefficient (Wildman–Crippen LogP) is 2.78. The van der Waals surface area contributed by atoms with Crippen LogP contribution in [0, 0.1) is 0 Å². The lowest BCUT2D eigenvalue weighted by molar-refractivity contribution is 0.133. The Hall–Kier alpha value is -1.20. The van der Waals surface area contributed by atoms with Crippen LogP contribution in [0.15, 0.2) is 6.20 Å². The minimum Gasteiger partial charge on any atom is -0.293 e. The first-order valence-corrected chi connectivity index (χ1v) is 7.65. The van der Waals surface area contributed by atoms with Gasteiger partial charge in [-0.15, -0.1) is 0 Å². The van der Waals surface area contributed by atoms with E-state index in [0.717, 1.165) is 29.9 Å². The van der Waals surface area contributed by atoms with Gasteiger partial charge in [0.2, 0.25) is 0 Å². The number of piperidine rings is 1. The number of rotatable bonds is 3. The summed E-state index contributed by atoms with van der Waals surface area (Å²) in [6.45, 7) is 4.16. The minimum absolute atomic E-state index is 0.503. The maximum atomic E-state index is 6.24. The highest BCUT2D eigenvalue weighted by molar-refractivity contribution is 6.33. The number of nitrogens with zero attached hydrogens (tertiary/aromatic N) is 5. The fourth-order valence-electron chi connectivity index (χ4n) is 3.01. The Kier molecular flexibility index (Phi) is 3.89. The third kappa shape index (κ3) is 2.52. The van der Waals surface area contributed by atoms with E-state index >= 15 is 0 Å². The van der Waals surface area contributed by atoms with Crippen LogP contribution in [-0.2, 0) is 13.6 Å². The highest BCUT2D eigenvalue weighted by Gasteiger charge is 2.22. The smallest absolute Gasteiger partial charge is 0.162 e. The first kappa shape index (κ1) is 13.8. The predicted molar refractivity (Wildman–Crippen MR) is 79.7 cm³/mol. The molecule has 0 N–H and O–H groups in total. The van der Waals surface area contributed by atoms with Gasteiger partial charge in [0.1, 0.15) is 11.0 Å². The van der Waals surface area contributed by atoms with Gasteiger partial charge in [-0.05, 0) is 25.8 Å². The van der Waals surface area contributed by atoms with E-state index in [1.165, 1.54) is 25.7 Å². The molecule has 0 bridgehead atoms. The highest BCUT2D eigenvalue weighted by Crippen LogP contribution is 2.23. The van der Waals surface area contributed by atoms with Crippen molar-refractivity contribution in [3.05, 3.63) is 17.2 Å². The maximum Gasteiger partial charge on any atom is 0.162 e. The summed E-state index contributed by atoms with van der Waals surface area (Å²) in [5.74, 6) is 0.798. The lowest BCUT2D eigenvalue weighted by Crippen LogP contribution is -2.38. The van der Waals surface area contributed by atoms with Gasteiger partial charge in [-0.2, -0.15) is 5.10 Å². The molecule has 0 spiro atoms. The van der Waals surface area contributed by atoms with Crippen molar-refractivity contribution in [2.45, 2.75) is 45.2 Å². The molecule has 0 saturated carbocycles. The zero-order chi connectivity index (χ0) is 14.1. The third-order valence-corrected chi connectivity index (χ3v) is 4.44. The largest absolute Gasteiger partial charge is 0.293 e. The first-order valence-electron chi connectivity index (χ1n) is 7.27. The van der Waals surface area contributed by atoms with Gasteiger partial charge in [-0.1, -0.05) is 24.9 Å². The molecule has 2 aromatic rings. The number of likely N-dealkylation sites (tertiary alicyclic amines) is 1. The summed E-state index contributed by atoms with van der Waals surface area (Å²) in [6.07, 6.45) is 6.77. The molecule has 3 rings (SSSR count). The second-order valence-corrected chi connectivity index (χ2v) is 5.82. The first-order chi connectivity index (χ1) is 9.69. The molecule has 20 heavy (non-hydrogen) atoms. The number of hydrogen-bond acceptors (Lipinski definition) is 4. The molecule has 0 amide bonds. The van der Waals surface area contributed by atoms with Crippen LogP contribution in [0.25, 0.3) is 11.0 Å². The summed E-state index contributed by atoms with van der Waals surface area (Å²) in [6, 6.07) is 0.647. The molecule has 108 valence electrons. The minimum atomic E-state index is 0.503. The molecule has 6 heteroatoms. The van der Waals surface area contributed by atoms with Gasteiger partial charge < -0.3 is 0 Å². The number of aryl methyl sites for hydroxylation is 1. The van der Waals surface area contributed by atoms with Crippen molar-refractivity contribution in [1.29, 1.82) is 0 Å². The average Bonchev–Trinajstić information content (AvgIpc) is 2.82. The van der Waals surface area contributed by atoms with Crippen LogP contribution < -0.4 is 0 Å². The lowest BCUT2D eigenvalue weighted by Gasteiger charge is -2.34. The van der Waals surface area contributed by atoms with Crippen molar-refractivity contribution in [2.24, 2.45) is 7.05 Å². The zero-order valence-corrected chi connectivity index (χ0v) is 12.8. The molecule has 1 aliphatic heterocycles. The van der Waals surface area contributed by atoms with Crippen molar-refractivity contribution >= 4 is 22.6 Å². The molecule has 2 aromatic heterocycles. The molecule has 1 fully saturated rings. The summed E-state index contributed by atoms with van der Waals surface area (Å²) in [4.78, 5) is 11.5. The Morgan fingerprint density at radius 2 is 2.20 bits per heavy atom. The van der Waals surface area contributed by atoms with Crippen LogP contribution in [0.1, 0.15) is 38.4 Å². The van der Waals surface area contributed by atoms with Gasteiger partial charge in [-0.3, -0.25) is 9.58 Å². The third-order valence-electron chi connectivity index (χ3n) is 4.16. The van der Waals surface area contributed by atoms with Crippen molar-refractivity contribution in [2.75, 3.05) is 6.54 Å². The molecule has 0 radical (unpaired) electrons. The number of hydrogen-bond donors (Lipinski definition) is 0. The molecule has 3 heterocycles. The molecule has 1 atom stereocenters. The Labute approximate surface area is 124 Å². The van der Waals surface area contributed by atoms with Gasteiger partial charge in [0.25, 0.3) is 0 Å². The SMILES string of the molecule is CCC1CCCCN1Cc1nc(Cl)c2cnn(C)c2n1. The Morgan fingerprint density at radius 3 is 3.00 bits per heavy atom. The summed E-state index contributed by atoms with van der Waals surface area (Å²) < 4.78 is 1.75. The summed E-state index contributed by atoms with van der Waals surface area (Å²) in [5, 5.41) is 5.52. The molecule has 1 unspecified atom stereocenters. The van der Waals surface area contributed by atoms with Gasteiger partial charge in [-0.25, -0.2) is 9.97 Å². The average molecular weight is 294 g/mol. The van der Waals surface area contributed by atoms with Crippen LogP contribution in [0.4, 0.5) is 0 Å². The van der Waals surface area contributed by atoms with Crippen LogP contribution in [0.2, 0.25) is 5.15 Å². The van der Waals surface area contributed by atoms with Crippen LogP contribution in [0.3, 0.4) is 0 Å². The molecule has 0 aromatic carbocycles. The van der Waals surface area contributed by atoms with Gasteiger partial charge >= 0.3 is 0 Å². The molecule has 5 nitrogen and oxygen atoms in total.